The summed E-state index contributed by atoms with van der Waals surface area (Å²) in [5, 5.41) is 4.56. The van der Waals surface area contributed by atoms with Crippen molar-refractivity contribution in [3.63, 3.8) is 0 Å². The first-order chi connectivity index (χ1) is 23.9. The van der Waals surface area contributed by atoms with Crippen molar-refractivity contribution in [1.29, 1.82) is 0 Å². The number of cyclic esters (lactones) is 1. The standard InChI is InChI=1S/C38H40ClN3O7/c1-26-19-32-31(49-32)15-7-6-14-29(41-47-25-35(43)42-17-8-3-9-18-42)20-30-36(38(44)48-26)33(45-23-27-11-4-2-5-12-27)21-34(37(30)39)46-24-28-13-10-16-40-22-28/h2,4-7,10-16,21-22,26,31-32H,3,8-9,17-20,23-25H2,1H3/b14-6+,15-7-,41-29+. The van der Waals surface area contributed by atoms with Crippen LogP contribution >= 0.6 is 11.6 Å². The molecular formula is C38H40ClN3O7. The molecule has 0 spiro atoms. The summed E-state index contributed by atoms with van der Waals surface area (Å²) in [4.78, 5) is 38.5. The maximum absolute atomic E-state index is 14.1. The molecule has 2 fully saturated rings. The molecule has 2 saturated heterocycles. The fraction of sp³-hybridized carbons (Fsp3) is 0.368. The zero-order valence-electron chi connectivity index (χ0n) is 27.5. The number of fused-ring (bicyclic) bond motifs is 2. The SMILES string of the molecule is CC1CC2OC2\C=C/C=C/C(=N\OCC(=O)N2CCCCC2)Cc2c(Cl)c(OCc3cccnc3)cc(OCc3ccccc3)c2C(=O)O1. The topological polar surface area (TPSA) is 112 Å². The van der Waals surface area contributed by atoms with E-state index < -0.39 is 12.1 Å². The predicted molar refractivity (Wildman–Crippen MR) is 185 cm³/mol. The van der Waals surface area contributed by atoms with Crippen molar-refractivity contribution < 1.29 is 33.4 Å². The largest absolute Gasteiger partial charge is 0.488 e. The molecule has 49 heavy (non-hydrogen) atoms. The highest BCUT2D eigenvalue weighted by Crippen LogP contribution is 2.40. The molecular weight excluding hydrogens is 646 g/mol. The number of hydrogen-bond acceptors (Lipinski definition) is 9. The molecule has 3 aromatic rings. The molecule has 4 heterocycles. The Hall–Kier alpha value is -4.67. The van der Waals surface area contributed by atoms with Crippen LogP contribution in [-0.4, -0.2) is 65.5 Å². The number of carbonyl (C=O) groups is 2. The minimum absolute atomic E-state index is 0.0498. The summed E-state index contributed by atoms with van der Waals surface area (Å²) in [6.45, 7) is 3.43. The predicted octanol–water partition coefficient (Wildman–Crippen LogP) is 6.65. The van der Waals surface area contributed by atoms with Gasteiger partial charge in [-0.2, -0.15) is 0 Å². The number of pyridine rings is 1. The minimum atomic E-state index is -0.597. The lowest BCUT2D eigenvalue weighted by Gasteiger charge is -2.26. The van der Waals surface area contributed by atoms with E-state index in [2.05, 4.69) is 10.1 Å². The van der Waals surface area contributed by atoms with E-state index in [1.165, 1.54) is 0 Å². The number of ether oxygens (including phenoxy) is 4. The number of epoxide rings is 1. The van der Waals surface area contributed by atoms with Crippen LogP contribution in [0.15, 0.2) is 90.4 Å². The highest BCUT2D eigenvalue weighted by Gasteiger charge is 2.38. The van der Waals surface area contributed by atoms with Crippen LogP contribution in [0.2, 0.25) is 5.02 Å². The van der Waals surface area contributed by atoms with E-state index in [1.807, 2.05) is 67.6 Å². The normalized spacial score (nSPS) is 22.9. The number of nitrogens with zero attached hydrogens (tertiary/aromatic N) is 3. The van der Waals surface area contributed by atoms with E-state index in [9.17, 15) is 9.59 Å². The van der Waals surface area contributed by atoms with Crippen molar-refractivity contribution in [3.05, 3.63) is 113 Å². The third-order valence-electron chi connectivity index (χ3n) is 8.48. The summed E-state index contributed by atoms with van der Waals surface area (Å²) in [5.41, 5.74) is 2.72. The zero-order valence-corrected chi connectivity index (χ0v) is 28.2. The number of allylic oxidation sites excluding steroid dienone is 3. The van der Waals surface area contributed by atoms with Gasteiger partial charge in [-0.3, -0.25) is 9.78 Å². The number of hydrogen-bond donors (Lipinski definition) is 0. The van der Waals surface area contributed by atoms with Crippen molar-refractivity contribution in [2.45, 2.75) is 70.6 Å². The number of carbonyl (C=O) groups excluding carboxylic acids is 2. The quantitative estimate of drug-likeness (QED) is 0.140. The van der Waals surface area contributed by atoms with E-state index in [0.29, 0.717) is 36.5 Å². The molecule has 0 aliphatic carbocycles. The van der Waals surface area contributed by atoms with Crippen molar-refractivity contribution >= 4 is 29.2 Å². The van der Waals surface area contributed by atoms with Gasteiger partial charge in [0.1, 0.15) is 42.5 Å². The minimum Gasteiger partial charge on any atom is -0.488 e. The van der Waals surface area contributed by atoms with E-state index >= 15 is 0 Å². The lowest BCUT2D eigenvalue weighted by atomic mass is 9.99. The molecule has 256 valence electrons. The monoisotopic (exact) mass is 685 g/mol. The second kappa shape index (κ2) is 16.6. The number of benzene rings is 2. The molecule has 1 aromatic heterocycles. The molecule has 0 N–H and O–H groups in total. The number of esters is 1. The van der Waals surface area contributed by atoms with E-state index in [4.69, 9.17) is 35.4 Å². The first kappa shape index (κ1) is 34.2. The number of likely N-dealkylation sites (tertiary alicyclic amines) is 1. The van der Waals surface area contributed by atoms with Crippen LogP contribution in [-0.2, 0) is 38.7 Å². The number of amides is 1. The Morgan fingerprint density at radius 2 is 1.80 bits per heavy atom. The summed E-state index contributed by atoms with van der Waals surface area (Å²) in [6, 6.07) is 15.0. The Bertz CT molecular complexity index is 1690. The summed E-state index contributed by atoms with van der Waals surface area (Å²) in [7, 11) is 0. The number of rotatable bonds is 9. The molecule has 6 rings (SSSR count). The van der Waals surface area contributed by atoms with Gasteiger partial charge in [0.05, 0.1) is 16.8 Å². The van der Waals surface area contributed by atoms with Crippen molar-refractivity contribution in [2.75, 3.05) is 19.7 Å². The first-order valence-corrected chi connectivity index (χ1v) is 17.0. The van der Waals surface area contributed by atoms with Gasteiger partial charge in [0.2, 0.25) is 0 Å². The first-order valence-electron chi connectivity index (χ1n) is 16.7. The Labute approximate surface area is 291 Å². The third-order valence-corrected chi connectivity index (χ3v) is 8.90. The van der Waals surface area contributed by atoms with Crippen LogP contribution in [0, 0.1) is 0 Å². The van der Waals surface area contributed by atoms with Crippen LogP contribution < -0.4 is 9.47 Å². The van der Waals surface area contributed by atoms with Crippen LogP contribution in [0.25, 0.3) is 0 Å². The van der Waals surface area contributed by atoms with E-state index in [0.717, 1.165) is 30.4 Å². The van der Waals surface area contributed by atoms with Gasteiger partial charge in [-0.1, -0.05) is 71.4 Å². The second-order valence-electron chi connectivity index (χ2n) is 12.3. The molecule has 1 amide bonds. The van der Waals surface area contributed by atoms with Crippen LogP contribution in [0.5, 0.6) is 11.5 Å². The summed E-state index contributed by atoms with van der Waals surface area (Å²) in [6.07, 6.45) is 13.9. The Morgan fingerprint density at radius 3 is 2.59 bits per heavy atom. The van der Waals surface area contributed by atoms with Crippen molar-refractivity contribution in [1.82, 2.24) is 9.88 Å². The molecule has 11 heteroatoms. The molecule has 10 nitrogen and oxygen atoms in total. The Balaban J connectivity index is 1.37. The van der Waals surface area contributed by atoms with Gasteiger partial charge in [-0.25, -0.2) is 4.79 Å². The highest BCUT2D eigenvalue weighted by atomic mass is 35.5. The molecule has 3 aliphatic rings. The molecule has 3 atom stereocenters. The summed E-state index contributed by atoms with van der Waals surface area (Å²) < 4.78 is 24.3. The lowest BCUT2D eigenvalue weighted by molar-refractivity contribution is -0.137. The van der Waals surface area contributed by atoms with Gasteiger partial charge in [0, 0.05) is 50.0 Å². The molecule has 2 aromatic carbocycles. The van der Waals surface area contributed by atoms with Gasteiger partial charge in [-0.15, -0.1) is 0 Å². The zero-order chi connectivity index (χ0) is 34.0. The summed E-state index contributed by atoms with van der Waals surface area (Å²) in [5.74, 6) is -0.156. The van der Waals surface area contributed by atoms with E-state index in [-0.39, 0.29) is 60.7 Å². The van der Waals surface area contributed by atoms with Crippen LogP contribution in [0.3, 0.4) is 0 Å². The number of oxime groups is 1. The van der Waals surface area contributed by atoms with Gasteiger partial charge in [0.25, 0.3) is 5.91 Å². The lowest BCUT2D eigenvalue weighted by Crippen LogP contribution is -2.37. The molecule has 0 saturated carbocycles. The van der Waals surface area contributed by atoms with Crippen molar-refractivity contribution in [3.8, 4) is 11.5 Å². The van der Waals surface area contributed by atoms with Crippen LogP contribution in [0.4, 0.5) is 0 Å². The Morgan fingerprint density at radius 1 is 1.02 bits per heavy atom. The number of halogens is 1. The van der Waals surface area contributed by atoms with Crippen molar-refractivity contribution in [2.24, 2.45) is 5.16 Å². The van der Waals surface area contributed by atoms with Crippen LogP contribution in [0.1, 0.15) is 59.7 Å². The highest BCUT2D eigenvalue weighted by molar-refractivity contribution is 6.33. The fourth-order valence-corrected chi connectivity index (χ4v) is 6.10. The average molecular weight is 686 g/mol. The van der Waals surface area contributed by atoms with E-state index in [1.54, 1.807) is 29.4 Å². The Kier molecular flexibility index (Phi) is 11.6. The smallest absolute Gasteiger partial charge is 0.342 e. The third kappa shape index (κ3) is 9.49. The van der Waals surface area contributed by atoms with Gasteiger partial charge in [0.15, 0.2) is 6.61 Å². The van der Waals surface area contributed by atoms with Gasteiger partial charge in [-0.05, 0) is 49.5 Å². The maximum atomic E-state index is 14.1. The fourth-order valence-electron chi connectivity index (χ4n) is 5.83. The molecule has 0 radical (unpaired) electrons. The average Bonchev–Trinajstić information content (AvgIpc) is 3.86. The van der Waals surface area contributed by atoms with Gasteiger partial charge < -0.3 is 28.7 Å². The number of piperidine rings is 1. The molecule has 0 bridgehead atoms. The second-order valence-corrected chi connectivity index (χ2v) is 12.7. The van der Waals surface area contributed by atoms with Gasteiger partial charge >= 0.3 is 5.97 Å². The summed E-state index contributed by atoms with van der Waals surface area (Å²) >= 11 is 7.10. The molecule has 3 aliphatic heterocycles. The number of aromatic nitrogens is 1. The molecule has 3 unspecified atom stereocenters. The maximum Gasteiger partial charge on any atom is 0.342 e.